The van der Waals surface area contributed by atoms with Crippen molar-refractivity contribution in [2.24, 2.45) is 28.6 Å². The minimum atomic E-state index is 0.562. The SMILES string of the molecule is CC1=C(C)[C@@H]2C[C@]3(C1)C(CC[C@H]3C)C2(C)C. The number of allylic oxidation sites excluding steroid dienone is 2. The zero-order chi connectivity index (χ0) is 11.7. The molecule has 1 spiro atoms. The first-order valence-electron chi connectivity index (χ1n) is 7.06. The molecule has 0 radical (unpaired) electrons. The number of hydrogen-bond donors (Lipinski definition) is 0. The average molecular weight is 218 g/mol. The van der Waals surface area contributed by atoms with Gasteiger partial charge in [0.05, 0.1) is 0 Å². The van der Waals surface area contributed by atoms with Gasteiger partial charge in [0.25, 0.3) is 0 Å². The molecule has 0 N–H and O–H groups in total. The molecule has 3 aliphatic carbocycles. The molecule has 2 fully saturated rings. The van der Waals surface area contributed by atoms with Gasteiger partial charge in [-0.05, 0) is 68.1 Å². The van der Waals surface area contributed by atoms with Gasteiger partial charge in [0.1, 0.15) is 0 Å². The van der Waals surface area contributed by atoms with Crippen LogP contribution in [0.5, 0.6) is 0 Å². The Morgan fingerprint density at radius 3 is 2.50 bits per heavy atom. The minimum absolute atomic E-state index is 0.562. The summed E-state index contributed by atoms with van der Waals surface area (Å²) in [5.74, 6) is 2.84. The fourth-order valence-electron chi connectivity index (χ4n) is 5.69. The maximum absolute atomic E-state index is 2.55. The second-order valence-electron chi connectivity index (χ2n) is 7.48. The lowest BCUT2D eigenvalue weighted by atomic mass is 9.66. The van der Waals surface area contributed by atoms with E-state index in [1.165, 1.54) is 25.7 Å². The van der Waals surface area contributed by atoms with Gasteiger partial charge in [0.2, 0.25) is 0 Å². The molecular weight excluding hydrogens is 192 g/mol. The van der Waals surface area contributed by atoms with E-state index in [0.717, 1.165) is 17.8 Å². The molecule has 0 saturated heterocycles. The molecule has 0 aromatic carbocycles. The summed E-state index contributed by atoms with van der Waals surface area (Å²) in [7, 11) is 0. The van der Waals surface area contributed by atoms with Crippen LogP contribution in [0.25, 0.3) is 0 Å². The quantitative estimate of drug-likeness (QED) is 0.512. The second kappa shape index (κ2) is 2.94. The van der Waals surface area contributed by atoms with E-state index in [9.17, 15) is 0 Å². The van der Waals surface area contributed by atoms with Gasteiger partial charge in [0.15, 0.2) is 0 Å². The standard InChI is InChI=1S/C16H26/c1-10-8-16-9-13(12(10)3)15(4,5)14(16)7-6-11(16)2/h11,13-14H,6-9H2,1-5H3/t11-,13+,14?,16+/m1/s1. The smallest absolute Gasteiger partial charge is 0.0144 e. The molecule has 0 aliphatic heterocycles. The van der Waals surface area contributed by atoms with Crippen molar-refractivity contribution in [3.63, 3.8) is 0 Å². The molecule has 2 bridgehead atoms. The highest BCUT2D eigenvalue weighted by Gasteiger charge is 2.63. The van der Waals surface area contributed by atoms with Crippen LogP contribution in [0.1, 0.15) is 60.3 Å². The molecular formula is C16H26. The summed E-state index contributed by atoms with van der Waals surface area (Å²) in [6.45, 7) is 12.4. The van der Waals surface area contributed by atoms with Crippen molar-refractivity contribution < 1.29 is 0 Å². The monoisotopic (exact) mass is 218 g/mol. The van der Waals surface area contributed by atoms with Crippen molar-refractivity contribution in [1.82, 2.24) is 0 Å². The van der Waals surface area contributed by atoms with Crippen molar-refractivity contribution in [3.05, 3.63) is 11.1 Å². The Balaban J connectivity index is 2.14. The van der Waals surface area contributed by atoms with Gasteiger partial charge in [0, 0.05) is 0 Å². The Morgan fingerprint density at radius 1 is 1.12 bits per heavy atom. The third-order valence-corrected chi connectivity index (χ3v) is 6.73. The molecule has 0 amide bonds. The molecule has 0 heteroatoms. The lowest BCUT2D eigenvalue weighted by Crippen LogP contribution is -2.30. The summed E-state index contributed by atoms with van der Waals surface area (Å²) in [6.07, 6.45) is 5.87. The fourth-order valence-corrected chi connectivity index (χ4v) is 5.69. The molecule has 16 heavy (non-hydrogen) atoms. The normalized spacial score (nSPS) is 49.7. The first kappa shape index (κ1) is 10.9. The zero-order valence-electron chi connectivity index (χ0n) is 11.6. The summed E-state index contributed by atoms with van der Waals surface area (Å²) in [4.78, 5) is 0. The van der Waals surface area contributed by atoms with Gasteiger partial charge in [-0.15, -0.1) is 0 Å². The van der Waals surface area contributed by atoms with Crippen LogP contribution in [0.4, 0.5) is 0 Å². The number of fused-ring (bicyclic) bond motifs is 1. The minimum Gasteiger partial charge on any atom is -0.0735 e. The van der Waals surface area contributed by atoms with Gasteiger partial charge in [-0.25, -0.2) is 0 Å². The van der Waals surface area contributed by atoms with Crippen LogP contribution in [0.15, 0.2) is 11.1 Å². The third-order valence-electron chi connectivity index (χ3n) is 6.73. The van der Waals surface area contributed by atoms with Crippen molar-refractivity contribution >= 4 is 0 Å². The lowest BCUT2D eigenvalue weighted by molar-refractivity contribution is 0.125. The summed E-state index contributed by atoms with van der Waals surface area (Å²) < 4.78 is 0. The Labute approximate surface area is 101 Å². The first-order valence-corrected chi connectivity index (χ1v) is 7.06. The van der Waals surface area contributed by atoms with E-state index in [-0.39, 0.29) is 0 Å². The molecule has 0 nitrogen and oxygen atoms in total. The van der Waals surface area contributed by atoms with Crippen molar-refractivity contribution in [2.45, 2.75) is 60.3 Å². The molecule has 4 atom stereocenters. The molecule has 0 aromatic rings. The van der Waals surface area contributed by atoms with Crippen molar-refractivity contribution in [1.29, 1.82) is 0 Å². The number of rotatable bonds is 0. The van der Waals surface area contributed by atoms with E-state index in [2.05, 4.69) is 34.6 Å². The Hall–Kier alpha value is -0.260. The summed E-state index contributed by atoms with van der Waals surface area (Å²) in [5.41, 5.74) is 4.71. The van der Waals surface area contributed by atoms with E-state index >= 15 is 0 Å². The molecule has 90 valence electrons. The van der Waals surface area contributed by atoms with Crippen LogP contribution < -0.4 is 0 Å². The van der Waals surface area contributed by atoms with Crippen LogP contribution in [-0.4, -0.2) is 0 Å². The lowest BCUT2D eigenvalue weighted by Gasteiger charge is -2.38. The summed E-state index contributed by atoms with van der Waals surface area (Å²) in [5, 5.41) is 0. The van der Waals surface area contributed by atoms with Crippen LogP contribution in [0, 0.1) is 28.6 Å². The maximum atomic E-state index is 2.55. The topological polar surface area (TPSA) is 0 Å². The van der Waals surface area contributed by atoms with Crippen LogP contribution in [0.2, 0.25) is 0 Å². The molecule has 0 heterocycles. The van der Waals surface area contributed by atoms with Gasteiger partial charge >= 0.3 is 0 Å². The second-order valence-corrected chi connectivity index (χ2v) is 7.48. The van der Waals surface area contributed by atoms with Crippen molar-refractivity contribution in [3.8, 4) is 0 Å². The van der Waals surface area contributed by atoms with Crippen LogP contribution in [0.3, 0.4) is 0 Å². The van der Waals surface area contributed by atoms with Crippen LogP contribution in [-0.2, 0) is 0 Å². The highest BCUT2D eigenvalue weighted by atomic mass is 14.7. The van der Waals surface area contributed by atoms with Gasteiger partial charge < -0.3 is 0 Å². The predicted molar refractivity (Wildman–Crippen MR) is 69.2 cm³/mol. The van der Waals surface area contributed by atoms with Gasteiger partial charge in [-0.3, -0.25) is 0 Å². The first-order chi connectivity index (χ1) is 7.39. The number of hydrogen-bond acceptors (Lipinski definition) is 0. The molecule has 3 rings (SSSR count). The predicted octanol–water partition coefficient (Wildman–Crippen LogP) is 4.81. The highest BCUT2D eigenvalue weighted by Crippen LogP contribution is 2.72. The van der Waals surface area contributed by atoms with Gasteiger partial charge in [-0.2, -0.15) is 0 Å². The third kappa shape index (κ3) is 1.02. The van der Waals surface area contributed by atoms with E-state index < -0.39 is 0 Å². The van der Waals surface area contributed by atoms with E-state index in [1.54, 1.807) is 11.1 Å². The summed E-state index contributed by atoms with van der Waals surface area (Å²) >= 11 is 0. The summed E-state index contributed by atoms with van der Waals surface area (Å²) in [6, 6.07) is 0. The molecule has 1 unspecified atom stereocenters. The molecule has 3 aliphatic rings. The maximum Gasteiger partial charge on any atom is -0.0144 e. The largest absolute Gasteiger partial charge is 0.0735 e. The average Bonchev–Trinajstić information content (AvgIpc) is 2.59. The Kier molecular flexibility index (Phi) is 2.00. The Bertz CT molecular complexity index is 360. The van der Waals surface area contributed by atoms with Gasteiger partial charge in [-0.1, -0.05) is 31.9 Å². The van der Waals surface area contributed by atoms with E-state index in [0.29, 0.717) is 10.8 Å². The highest BCUT2D eigenvalue weighted by molar-refractivity contribution is 5.30. The van der Waals surface area contributed by atoms with Crippen LogP contribution >= 0.6 is 0 Å². The van der Waals surface area contributed by atoms with Crippen molar-refractivity contribution in [2.75, 3.05) is 0 Å². The molecule has 2 saturated carbocycles. The fraction of sp³-hybridized carbons (Fsp3) is 0.875. The molecule has 0 aromatic heterocycles. The zero-order valence-corrected chi connectivity index (χ0v) is 11.6. The Morgan fingerprint density at radius 2 is 1.81 bits per heavy atom. The van der Waals surface area contributed by atoms with E-state index in [4.69, 9.17) is 0 Å². The van der Waals surface area contributed by atoms with E-state index in [1.807, 2.05) is 0 Å².